The van der Waals surface area contributed by atoms with Crippen LogP contribution in [0.25, 0.3) is 55.9 Å². The van der Waals surface area contributed by atoms with E-state index in [9.17, 15) is 5.41 Å². The number of hydrazone groups is 1. The first kappa shape index (κ1) is 38.9. The fraction of sp³-hybridized carbons (Fsp3) is 0.148. The summed E-state index contributed by atoms with van der Waals surface area (Å²) in [7, 11) is 0. The lowest BCUT2D eigenvalue weighted by atomic mass is 9.84. The van der Waals surface area contributed by atoms with Gasteiger partial charge < -0.3 is 0 Å². The summed E-state index contributed by atoms with van der Waals surface area (Å²) in [4.78, 5) is 9.76. The van der Waals surface area contributed by atoms with E-state index in [1.807, 2.05) is 60.9 Å². The average Bonchev–Trinajstić information content (AvgIpc) is 3.26. The Morgan fingerprint density at radius 2 is 0.898 bits per heavy atom. The van der Waals surface area contributed by atoms with Crippen molar-refractivity contribution >= 4 is 28.3 Å². The molecule has 5 heteroatoms. The lowest BCUT2D eigenvalue weighted by molar-refractivity contribution is 0.589. The van der Waals surface area contributed by atoms with Crippen molar-refractivity contribution in [2.45, 2.75) is 52.4 Å². The second-order valence-corrected chi connectivity index (χ2v) is 17.2. The van der Waals surface area contributed by atoms with Crippen LogP contribution in [0.3, 0.4) is 0 Å². The highest BCUT2D eigenvalue weighted by atomic mass is 15.3. The third-order valence-corrected chi connectivity index (χ3v) is 10.8. The molecule has 0 aliphatic heterocycles. The fourth-order valence-electron chi connectivity index (χ4n) is 7.32. The SMILES string of the molecule is CC(C)(C)c1ccnc(-c2cc(C3=C/C(=N/Nc4ccccc4)C(=N)C(c4cc(-c5ccccc5)cc(-c5cc(C(C)(C)C)ccn5)c4)=C3)cc(-c3ccccc3)c2)c1. The van der Waals surface area contributed by atoms with Gasteiger partial charge in [0.2, 0.25) is 0 Å². The minimum Gasteiger partial charge on any atom is -0.298 e. The molecule has 0 saturated carbocycles. The Bertz CT molecular complexity index is 2750. The van der Waals surface area contributed by atoms with Gasteiger partial charge in [0.1, 0.15) is 5.71 Å². The van der Waals surface area contributed by atoms with Crippen LogP contribution >= 0.6 is 0 Å². The quantitative estimate of drug-likeness (QED) is 0.119. The molecule has 2 N–H and O–H groups in total. The Labute approximate surface area is 348 Å². The van der Waals surface area contributed by atoms with Gasteiger partial charge in [0.25, 0.3) is 0 Å². The number of hydrogen-bond acceptors (Lipinski definition) is 5. The predicted octanol–water partition coefficient (Wildman–Crippen LogP) is 13.7. The standard InChI is InChI=1S/C54H49N5/c1-53(2,3)45-22-24-56-49(34-45)43-28-38(36-16-10-7-11-17-36)26-40(30-43)41-32-48(52(55)51(33-41)59-58-47-20-14-9-15-21-47)42-27-39(37-18-12-8-13-19-37)29-44(31-42)50-35-46(23-25-57-50)54(4,5)6/h7-35,55,58H,1-6H3/b55-52?,59-51-. The monoisotopic (exact) mass is 767 g/mol. The van der Waals surface area contributed by atoms with Crippen LogP contribution in [0.1, 0.15) is 63.8 Å². The summed E-state index contributed by atoms with van der Waals surface area (Å²) < 4.78 is 0. The highest BCUT2D eigenvalue weighted by Crippen LogP contribution is 2.38. The molecule has 59 heavy (non-hydrogen) atoms. The number of aromatic nitrogens is 2. The van der Waals surface area contributed by atoms with Gasteiger partial charge in [-0.15, -0.1) is 0 Å². The third-order valence-electron chi connectivity index (χ3n) is 10.8. The Kier molecular flexibility index (Phi) is 10.6. The Hall–Kier alpha value is -6.98. The maximum Gasteiger partial charge on any atom is 0.109 e. The molecule has 1 aliphatic carbocycles. The largest absolute Gasteiger partial charge is 0.298 e. The second-order valence-electron chi connectivity index (χ2n) is 17.2. The maximum absolute atomic E-state index is 9.75. The van der Waals surface area contributed by atoms with Crippen molar-refractivity contribution in [1.82, 2.24) is 9.97 Å². The van der Waals surface area contributed by atoms with Gasteiger partial charge in [-0.05, 0) is 146 Å². The Morgan fingerprint density at radius 3 is 1.41 bits per heavy atom. The molecule has 5 nitrogen and oxygen atoms in total. The fourth-order valence-corrected chi connectivity index (χ4v) is 7.32. The molecule has 5 aromatic carbocycles. The molecule has 0 unspecified atom stereocenters. The molecule has 0 atom stereocenters. The summed E-state index contributed by atoms with van der Waals surface area (Å²) in [6.07, 6.45) is 7.97. The third kappa shape index (κ3) is 8.80. The number of anilines is 1. The molecule has 0 radical (unpaired) electrons. The Balaban J connectivity index is 1.34. The van der Waals surface area contributed by atoms with E-state index in [0.29, 0.717) is 11.4 Å². The molecule has 0 saturated heterocycles. The van der Waals surface area contributed by atoms with E-state index >= 15 is 0 Å². The van der Waals surface area contributed by atoms with E-state index in [1.165, 1.54) is 11.1 Å². The highest BCUT2D eigenvalue weighted by molar-refractivity contribution is 6.62. The van der Waals surface area contributed by atoms with Gasteiger partial charge in [0.05, 0.1) is 22.8 Å². The van der Waals surface area contributed by atoms with Crippen LogP contribution in [-0.2, 0) is 10.8 Å². The van der Waals surface area contributed by atoms with E-state index in [1.54, 1.807) is 0 Å². The van der Waals surface area contributed by atoms with E-state index in [0.717, 1.165) is 72.7 Å². The molecule has 0 fully saturated rings. The van der Waals surface area contributed by atoms with Crippen LogP contribution in [0.2, 0.25) is 0 Å². The van der Waals surface area contributed by atoms with Crippen molar-refractivity contribution in [3.05, 3.63) is 198 Å². The van der Waals surface area contributed by atoms with Gasteiger partial charge in [0.15, 0.2) is 0 Å². The van der Waals surface area contributed by atoms with Gasteiger partial charge >= 0.3 is 0 Å². The van der Waals surface area contributed by atoms with E-state index < -0.39 is 0 Å². The molecule has 290 valence electrons. The molecule has 7 aromatic rings. The zero-order valence-corrected chi connectivity index (χ0v) is 34.6. The zero-order chi connectivity index (χ0) is 41.1. The highest BCUT2D eigenvalue weighted by Gasteiger charge is 2.24. The summed E-state index contributed by atoms with van der Waals surface area (Å²) >= 11 is 0. The van der Waals surface area contributed by atoms with Crippen molar-refractivity contribution in [2.24, 2.45) is 5.10 Å². The molecular weight excluding hydrogens is 719 g/mol. The molecule has 0 amide bonds. The van der Waals surface area contributed by atoms with E-state index in [-0.39, 0.29) is 10.8 Å². The van der Waals surface area contributed by atoms with Crippen LogP contribution in [-0.4, -0.2) is 21.4 Å². The van der Waals surface area contributed by atoms with Crippen molar-refractivity contribution in [2.75, 3.05) is 5.43 Å². The lowest BCUT2D eigenvalue weighted by Crippen LogP contribution is -2.18. The average molecular weight is 768 g/mol. The first-order chi connectivity index (χ1) is 28.4. The normalized spacial score (nSPS) is 13.9. The van der Waals surface area contributed by atoms with Crippen LogP contribution in [0.4, 0.5) is 5.69 Å². The summed E-state index contributed by atoms with van der Waals surface area (Å²) in [6.45, 7) is 13.4. The van der Waals surface area contributed by atoms with Gasteiger partial charge in [-0.3, -0.25) is 20.8 Å². The minimum atomic E-state index is -0.0425. The lowest BCUT2D eigenvalue weighted by Gasteiger charge is -2.22. The molecule has 2 aromatic heterocycles. The topological polar surface area (TPSA) is 74.0 Å². The molecule has 2 heterocycles. The number of nitrogens with zero attached hydrogens (tertiary/aromatic N) is 3. The smallest absolute Gasteiger partial charge is 0.109 e. The maximum atomic E-state index is 9.75. The number of nitrogens with one attached hydrogen (secondary N) is 2. The molecule has 0 bridgehead atoms. The van der Waals surface area contributed by atoms with Gasteiger partial charge in [-0.2, -0.15) is 5.10 Å². The van der Waals surface area contributed by atoms with Crippen molar-refractivity contribution in [1.29, 1.82) is 5.41 Å². The minimum absolute atomic E-state index is 0.0324. The first-order valence-electron chi connectivity index (χ1n) is 20.2. The van der Waals surface area contributed by atoms with Crippen LogP contribution in [0, 0.1) is 5.41 Å². The number of hydrogen-bond donors (Lipinski definition) is 2. The number of benzene rings is 5. The van der Waals surface area contributed by atoms with Crippen LogP contribution < -0.4 is 5.43 Å². The summed E-state index contributed by atoms with van der Waals surface area (Å²) in [6, 6.07) is 52.6. The first-order valence-corrected chi connectivity index (χ1v) is 20.2. The van der Waals surface area contributed by atoms with Gasteiger partial charge in [-0.1, -0.05) is 120 Å². The van der Waals surface area contributed by atoms with Crippen LogP contribution in [0.5, 0.6) is 0 Å². The molecule has 1 aliphatic rings. The predicted molar refractivity (Wildman–Crippen MR) is 249 cm³/mol. The van der Waals surface area contributed by atoms with Crippen molar-refractivity contribution in [3.8, 4) is 44.8 Å². The van der Waals surface area contributed by atoms with E-state index in [4.69, 9.17) is 15.1 Å². The summed E-state index contributed by atoms with van der Waals surface area (Å²) in [5.41, 5.74) is 19.0. The van der Waals surface area contributed by atoms with Gasteiger partial charge in [-0.25, -0.2) is 0 Å². The number of allylic oxidation sites excluding steroid dienone is 4. The number of pyridine rings is 2. The number of rotatable bonds is 8. The van der Waals surface area contributed by atoms with Crippen LogP contribution in [0.15, 0.2) is 181 Å². The second kappa shape index (κ2) is 16.1. The van der Waals surface area contributed by atoms with Crippen molar-refractivity contribution in [3.63, 3.8) is 0 Å². The Morgan fingerprint density at radius 1 is 0.458 bits per heavy atom. The summed E-state index contributed by atoms with van der Waals surface area (Å²) in [5, 5.41) is 14.6. The number of para-hydroxylation sites is 1. The zero-order valence-electron chi connectivity index (χ0n) is 34.6. The van der Waals surface area contributed by atoms with Gasteiger partial charge in [0, 0.05) is 29.1 Å². The van der Waals surface area contributed by atoms with E-state index in [2.05, 4.69) is 162 Å². The summed E-state index contributed by atoms with van der Waals surface area (Å²) in [5.74, 6) is 0. The molecule has 8 rings (SSSR count). The van der Waals surface area contributed by atoms with Crippen molar-refractivity contribution < 1.29 is 0 Å². The molecule has 0 spiro atoms. The molecular formula is C54H49N5.